The summed E-state index contributed by atoms with van der Waals surface area (Å²) in [5.41, 5.74) is 0. The van der Waals surface area contributed by atoms with Crippen LogP contribution in [0.5, 0.6) is 0 Å². The predicted octanol–water partition coefficient (Wildman–Crippen LogP) is 1.88. The third-order valence-electron chi connectivity index (χ3n) is 3.28. The van der Waals surface area contributed by atoms with E-state index in [2.05, 4.69) is 11.8 Å². The average Bonchev–Trinajstić information content (AvgIpc) is 2.44. The lowest BCUT2D eigenvalue weighted by atomic mass is 10.1. The van der Waals surface area contributed by atoms with Gasteiger partial charge in [-0.15, -0.1) is 0 Å². The molecule has 2 rings (SSSR count). The van der Waals surface area contributed by atoms with Crippen LogP contribution in [0.2, 0.25) is 0 Å². The molecule has 2 aliphatic rings. The molecule has 0 aromatic rings. The molecule has 0 bridgehead atoms. The van der Waals surface area contributed by atoms with Gasteiger partial charge in [-0.05, 0) is 38.3 Å². The molecule has 1 nitrogen and oxygen atoms in total. The molecule has 1 heterocycles. The van der Waals surface area contributed by atoms with Gasteiger partial charge in [0.1, 0.15) is 0 Å². The van der Waals surface area contributed by atoms with Crippen molar-refractivity contribution in [2.45, 2.75) is 38.6 Å². The molecule has 1 heteroatoms. The van der Waals surface area contributed by atoms with Crippen molar-refractivity contribution in [2.24, 2.45) is 5.92 Å². The summed E-state index contributed by atoms with van der Waals surface area (Å²) < 4.78 is 0. The Morgan fingerprint density at radius 2 is 2.20 bits per heavy atom. The highest BCUT2D eigenvalue weighted by molar-refractivity contribution is 4.90. The van der Waals surface area contributed by atoms with Crippen LogP contribution in [0.15, 0.2) is 0 Å². The largest absolute Gasteiger partial charge is 0.300 e. The molecule has 0 N–H and O–H groups in total. The molecule has 58 valence electrons. The SMILES string of the molecule is CCN1CCC2CCCC21. The van der Waals surface area contributed by atoms with Gasteiger partial charge in [-0.25, -0.2) is 0 Å². The number of likely N-dealkylation sites (tertiary alicyclic amines) is 1. The van der Waals surface area contributed by atoms with Crippen LogP contribution in [0.3, 0.4) is 0 Å². The standard InChI is InChI=1S/C9H17N/c1-2-10-7-6-8-4-3-5-9(8)10/h8-9H,2-7H2,1H3. The first-order valence-corrected chi connectivity index (χ1v) is 4.66. The highest BCUT2D eigenvalue weighted by Crippen LogP contribution is 2.37. The summed E-state index contributed by atoms with van der Waals surface area (Å²) in [5.74, 6) is 1.08. The van der Waals surface area contributed by atoms with Crippen molar-refractivity contribution in [3.63, 3.8) is 0 Å². The summed E-state index contributed by atoms with van der Waals surface area (Å²) in [6, 6.07) is 0.991. The van der Waals surface area contributed by atoms with Gasteiger partial charge in [-0.3, -0.25) is 0 Å². The molecule has 0 spiro atoms. The Bertz CT molecular complexity index is 122. The summed E-state index contributed by atoms with van der Waals surface area (Å²) in [4.78, 5) is 2.66. The molecule has 2 atom stereocenters. The van der Waals surface area contributed by atoms with Crippen molar-refractivity contribution in [2.75, 3.05) is 13.1 Å². The first-order chi connectivity index (χ1) is 4.92. The van der Waals surface area contributed by atoms with E-state index in [4.69, 9.17) is 0 Å². The van der Waals surface area contributed by atoms with E-state index in [1.165, 1.54) is 38.8 Å². The molecule has 1 aliphatic heterocycles. The quantitative estimate of drug-likeness (QED) is 0.536. The fourth-order valence-corrected chi connectivity index (χ4v) is 2.72. The van der Waals surface area contributed by atoms with E-state index in [0.29, 0.717) is 0 Å². The second-order valence-electron chi connectivity index (χ2n) is 3.68. The summed E-state index contributed by atoms with van der Waals surface area (Å²) in [6.07, 6.45) is 5.98. The Hall–Kier alpha value is -0.0400. The van der Waals surface area contributed by atoms with Crippen molar-refractivity contribution in [1.82, 2.24) is 4.90 Å². The molecule has 1 aliphatic carbocycles. The van der Waals surface area contributed by atoms with Crippen LogP contribution < -0.4 is 0 Å². The molecule has 0 aromatic carbocycles. The monoisotopic (exact) mass is 139 g/mol. The summed E-state index contributed by atoms with van der Waals surface area (Å²) >= 11 is 0. The highest BCUT2D eigenvalue weighted by Gasteiger charge is 2.36. The molecular formula is C9H17N. The maximum absolute atomic E-state index is 2.66. The van der Waals surface area contributed by atoms with Gasteiger partial charge >= 0.3 is 0 Å². The van der Waals surface area contributed by atoms with E-state index in [-0.39, 0.29) is 0 Å². The molecule has 2 fully saturated rings. The number of hydrogen-bond acceptors (Lipinski definition) is 1. The van der Waals surface area contributed by atoms with Crippen molar-refractivity contribution in [1.29, 1.82) is 0 Å². The summed E-state index contributed by atoms with van der Waals surface area (Å²) in [5, 5.41) is 0. The van der Waals surface area contributed by atoms with E-state index in [1.54, 1.807) is 0 Å². The highest BCUT2D eigenvalue weighted by atomic mass is 15.2. The van der Waals surface area contributed by atoms with Crippen LogP contribution in [0.4, 0.5) is 0 Å². The molecular weight excluding hydrogens is 122 g/mol. The summed E-state index contributed by atoms with van der Waals surface area (Å²) in [6.45, 7) is 4.95. The van der Waals surface area contributed by atoms with E-state index in [0.717, 1.165) is 12.0 Å². The minimum absolute atomic E-state index is 0.991. The van der Waals surface area contributed by atoms with Crippen LogP contribution in [0.1, 0.15) is 32.6 Å². The lowest BCUT2D eigenvalue weighted by molar-refractivity contribution is 0.254. The first kappa shape index (κ1) is 6.66. The van der Waals surface area contributed by atoms with Crippen molar-refractivity contribution in [3.05, 3.63) is 0 Å². The lowest BCUT2D eigenvalue weighted by Gasteiger charge is -2.20. The Balaban J connectivity index is 2.01. The molecule has 2 unspecified atom stereocenters. The van der Waals surface area contributed by atoms with Crippen molar-refractivity contribution < 1.29 is 0 Å². The van der Waals surface area contributed by atoms with Crippen molar-refractivity contribution >= 4 is 0 Å². The Labute approximate surface area is 63.4 Å². The number of fused-ring (bicyclic) bond motifs is 1. The van der Waals surface area contributed by atoms with Gasteiger partial charge < -0.3 is 4.90 Å². The number of nitrogens with zero attached hydrogens (tertiary/aromatic N) is 1. The molecule has 1 saturated carbocycles. The maximum Gasteiger partial charge on any atom is 0.0124 e. The van der Waals surface area contributed by atoms with Gasteiger partial charge in [0.2, 0.25) is 0 Å². The second-order valence-corrected chi connectivity index (χ2v) is 3.68. The van der Waals surface area contributed by atoms with E-state index >= 15 is 0 Å². The van der Waals surface area contributed by atoms with Crippen LogP contribution in [0.25, 0.3) is 0 Å². The molecule has 0 amide bonds. The van der Waals surface area contributed by atoms with Gasteiger partial charge in [-0.1, -0.05) is 13.3 Å². The van der Waals surface area contributed by atoms with Gasteiger partial charge in [0.25, 0.3) is 0 Å². The zero-order chi connectivity index (χ0) is 6.97. The molecule has 0 aromatic heterocycles. The third-order valence-corrected chi connectivity index (χ3v) is 3.28. The van der Waals surface area contributed by atoms with Crippen LogP contribution in [-0.4, -0.2) is 24.0 Å². The van der Waals surface area contributed by atoms with Gasteiger partial charge in [0.05, 0.1) is 0 Å². The van der Waals surface area contributed by atoms with Crippen LogP contribution in [-0.2, 0) is 0 Å². The first-order valence-electron chi connectivity index (χ1n) is 4.66. The second kappa shape index (κ2) is 2.54. The normalized spacial score (nSPS) is 40.5. The maximum atomic E-state index is 2.66. The Morgan fingerprint density at radius 3 is 3.00 bits per heavy atom. The number of hydrogen-bond donors (Lipinski definition) is 0. The lowest BCUT2D eigenvalue weighted by Crippen LogP contribution is -2.29. The molecule has 0 radical (unpaired) electrons. The van der Waals surface area contributed by atoms with Crippen LogP contribution >= 0.6 is 0 Å². The topological polar surface area (TPSA) is 3.24 Å². The third kappa shape index (κ3) is 0.878. The van der Waals surface area contributed by atoms with Gasteiger partial charge in [0.15, 0.2) is 0 Å². The van der Waals surface area contributed by atoms with Crippen LogP contribution in [0, 0.1) is 5.92 Å². The zero-order valence-electron chi connectivity index (χ0n) is 6.84. The molecule has 10 heavy (non-hydrogen) atoms. The van der Waals surface area contributed by atoms with Gasteiger partial charge in [-0.2, -0.15) is 0 Å². The van der Waals surface area contributed by atoms with Gasteiger partial charge in [0, 0.05) is 6.04 Å². The Morgan fingerprint density at radius 1 is 1.30 bits per heavy atom. The predicted molar refractivity (Wildman–Crippen MR) is 43.0 cm³/mol. The van der Waals surface area contributed by atoms with E-state index in [9.17, 15) is 0 Å². The number of rotatable bonds is 1. The van der Waals surface area contributed by atoms with Crippen molar-refractivity contribution in [3.8, 4) is 0 Å². The zero-order valence-corrected chi connectivity index (χ0v) is 6.84. The fourth-order valence-electron chi connectivity index (χ4n) is 2.72. The minimum Gasteiger partial charge on any atom is -0.300 e. The van der Waals surface area contributed by atoms with E-state index < -0.39 is 0 Å². The van der Waals surface area contributed by atoms with E-state index in [1.807, 2.05) is 0 Å². The minimum atomic E-state index is 0.991. The average molecular weight is 139 g/mol. The summed E-state index contributed by atoms with van der Waals surface area (Å²) in [7, 11) is 0. The fraction of sp³-hybridized carbons (Fsp3) is 1.00. The Kier molecular flexibility index (Phi) is 1.69. The smallest absolute Gasteiger partial charge is 0.0124 e. The molecule has 1 saturated heterocycles.